The fourth-order valence-corrected chi connectivity index (χ4v) is 7.62. The number of aliphatic hydroxyl groups excluding tert-OH is 2. The van der Waals surface area contributed by atoms with Crippen molar-refractivity contribution < 1.29 is 48.1 Å². The molecule has 0 unspecified atom stereocenters. The third kappa shape index (κ3) is 10.6. The molecule has 7 rings (SSSR count). The Balaban J connectivity index is 1.05. The fraction of sp³-hybridized carbons (Fsp3) is 0.231. The number of benzene rings is 6. The first-order valence-corrected chi connectivity index (χ1v) is 20.9. The number of nitrogens with zero attached hydrogens (tertiary/aromatic N) is 2. The summed E-state index contributed by atoms with van der Waals surface area (Å²) in [6.45, 7) is -0.692. The zero-order chi connectivity index (χ0) is 45.7. The summed E-state index contributed by atoms with van der Waals surface area (Å²) in [6.07, 6.45) is -2.23. The Bertz CT molecular complexity index is 2260. The van der Waals surface area contributed by atoms with Gasteiger partial charge in [-0.2, -0.15) is 9.97 Å². The molecule has 0 fully saturated rings. The number of nitrogens with two attached hydrogens (primary N) is 1. The summed E-state index contributed by atoms with van der Waals surface area (Å²) in [6, 6.07) is 51.4. The molecular weight excluding hydrogens is 827 g/mol. The van der Waals surface area contributed by atoms with Crippen molar-refractivity contribution in [2.75, 3.05) is 60.6 Å². The van der Waals surface area contributed by atoms with Crippen molar-refractivity contribution in [3.63, 3.8) is 0 Å². The van der Waals surface area contributed by atoms with E-state index in [4.69, 9.17) is 43.6 Å². The molecule has 0 saturated carbocycles. The van der Waals surface area contributed by atoms with Crippen LogP contribution in [0.3, 0.4) is 0 Å². The second-order valence-corrected chi connectivity index (χ2v) is 15.0. The minimum absolute atomic E-state index is 0.0547. The maximum absolute atomic E-state index is 11.4. The molecule has 0 saturated heterocycles. The number of methoxy groups -OCH3 is 4. The molecule has 336 valence electrons. The normalized spacial score (nSPS) is 12.5. The van der Waals surface area contributed by atoms with E-state index in [1.54, 1.807) is 28.4 Å². The van der Waals surface area contributed by atoms with Gasteiger partial charge in [0.15, 0.2) is 0 Å². The summed E-state index contributed by atoms with van der Waals surface area (Å²) in [5.74, 6) is 2.74. The van der Waals surface area contributed by atoms with E-state index in [9.17, 15) is 10.2 Å². The van der Waals surface area contributed by atoms with Crippen LogP contribution in [0.4, 0.5) is 5.95 Å². The lowest BCUT2D eigenvalue weighted by atomic mass is 9.80. The molecule has 0 aliphatic rings. The van der Waals surface area contributed by atoms with E-state index in [1.807, 2.05) is 158 Å². The number of hydrogen-bond acceptors (Lipinski definition) is 13. The molecule has 0 aliphatic heterocycles. The lowest BCUT2D eigenvalue weighted by Gasteiger charge is -2.36. The van der Waals surface area contributed by atoms with Gasteiger partial charge in [-0.1, -0.05) is 109 Å². The van der Waals surface area contributed by atoms with Crippen molar-refractivity contribution >= 4 is 5.95 Å². The van der Waals surface area contributed by atoms with E-state index in [-0.39, 0.29) is 44.1 Å². The van der Waals surface area contributed by atoms with E-state index in [0.717, 1.165) is 33.4 Å². The maximum Gasteiger partial charge on any atom is 0.226 e. The van der Waals surface area contributed by atoms with E-state index in [2.05, 4.69) is 9.97 Å². The molecule has 0 amide bonds. The average molecular weight is 880 g/mol. The predicted octanol–water partition coefficient (Wildman–Crippen LogP) is 7.59. The Labute approximate surface area is 378 Å². The van der Waals surface area contributed by atoms with Gasteiger partial charge in [-0.3, -0.25) is 0 Å². The highest BCUT2D eigenvalue weighted by molar-refractivity contribution is 5.51. The molecule has 0 aliphatic carbocycles. The molecule has 7 aromatic rings. The van der Waals surface area contributed by atoms with Crippen LogP contribution in [0.15, 0.2) is 164 Å². The van der Waals surface area contributed by atoms with Crippen molar-refractivity contribution in [3.05, 3.63) is 197 Å². The van der Waals surface area contributed by atoms with Gasteiger partial charge in [0.1, 0.15) is 59.6 Å². The quantitative estimate of drug-likeness (QED) is 0.0571. The SMILES string of the molecule is COc1ccc(C(OC[C@@H](O)COc2cc(OC[C@H](O)COC(c3ccccc3)(c3ccc(OC)cc3)c3ccc(OC)cc3)nc(N)n2)(c2ccccc2)c2ccc(OC)cc2)cc1. The smallest absolute Gasteiger partial charge is 0.226 e. The van der Waals surface area contributed by atoms with Gasteiger partial charge < -0.3 is 53.8 Å². The summed E-state index contributed by atoms with van der Waals surface area (Å²) in [5.41, 5.74) is 8.73. The van der Waals surface area contributed by atoms with Gasteiger partial charge in [0.05, 0.1) is 47.7 Å². The van der Waals surface area contributed by atoms with Crippen LogP contribution in [-0.2, 0) is 20.7 Å². The second-order valence-electron chi connectivity index (χ2n) is 15.0. The van der Waals surface area contributed by atoms with E-state index >= 15 is 0 Å². The first-order valence-electron chi connectivity index (χ1n) is 20.9. The molecule has 1 aromatic heterocycles. The van der Waals surface area contributed by atoms with Crippen LogP contribution < -0.4 is 34.2 Å². The molecule has 0 bridgehead atoms. The third-order valence-corrected chi connectivity index (χ3v) is 10.9. The largest absolute Gasteiger partial charge is 0.497 e. The lowest BCUT2D eigenvalue weighted by Crippen LogP contribution is -2.37. The lowest BCUT2D eigenvalue weighted by molar-refractivity contribution is -0.0505. The standard InChI is InChI=1S/C52H53N3O10/c1-58-44-23-15-38(16-24-44)51(36-11-7-5-8-12-36,39-17-25-45(59-2)26-18-39)64-34-42(56)32-62-48-31-49(55-50(53)54-48)63-33-43(57)35-65-52(37-13-9-6-10-14-37,40-19-27-46(60-3)28-20-40)41-21-29-47(61-4)30-22-41/h5-31,42-43,56-57H,32-35H2,1-4H3,(H2,53,54,55)/t42-,43-/m0/s1. The highest BCUT2D eigenvalue weighted by Crippen LogP contribution is 2.43. The van der Waals surface area contributed by atoms with E-state index in [1.165, 1.54) is 6.07 Å². The monoisotopic (exact) mass is 879 g/mol. The van der Waals surface area contributed by atoms with E-state index in [0.29, 0.717) is 23.0 Å². The second kappa shape index (κ2) is 21.5. The topological polar surface area (TPSA) is 166 Å². The predicted molar refractivity (Wildman–Crippen MR) is 246 cm³/mol. The van der Waals surface area contributed by atoms with Crippen LogP contribution in [0.25, 0.3) is 0 Å². The number of hydrogen-bond donors (Lipinski definition) is 3. The Morgan fingerprint density at radius 2 is 0.692 bits per heavy atom. The fourth-order valence-electron chi connectivity index (χ4n) is 7.62. The maximum atomic E-state index is 11.4. The Kier molecular flexibility index (Phi) is 15.2. The Morgan fingerprint density at radius 1 is 0.415 bits per heavy atom. The van der Waals surface area contributed by atoms with Gasteiger partial charge in [0.25, 0.3) is 0 Å². The number of nitrogen functional groups attached to an aromatic ring is 1. The minimum atomic E-state index is -1.14. The van der Waals surface area contributed by atoms with Crippen molar-refractivity contribution in [2.45, 2.75) is 23.4 Å². The van der Waals surface area contributed by atoms with Crippen molar-refractivity contribution in [2.24, 2.45) is 0 Å². The molecule has 0 spiro atoms. The first kappa shape index (κ1) is 45.9. The van der Waals surface area contributed by atoms with Crippen LogP contribution in [0.5, 0.6) is 34.8 Å². The molecule has 6 aromatic carbocycles. The Morgan fingerprint density at radius 3 is 0.969 bits per heavy atom. The van der Waals surface area contributed by atoms with Crippen molar-refractivity contribution in [3.8, 4) is 34.8 Å². The van der Waals surface area contributed by atoms with Gasteiger partial charge in [0, 0.05) is 0 Å². The molecule has 4 N–H and O–H groups in total. The highest BCUT2D eigenvalue weighted by atomic mass is 16.5. The van der Waals surface area contributed by atoms with E-state index < -0.39 is 23.4 Å². The van der Waals surface area contributed by atoms with Gasteiger partial charge in [0.2, 0.25) is 17.7 Å². The van der Waals surface area contributed by atoms with Gasteiger partial charge in [-0.25, -0.2) is 0 Å². The number of aliphatic hydroxyl groups is 2. The van der Waals surface area contributed by atoms with Crippen LogP contribution >= 0.6 is 0 Å². The molecular formula is C52H53N3O10. The number of rotatable bonds is 22. The van der Waals surface area contributed by atoms with Gasteiger partial charge in [-0.15, -0.1) is 0 Å². The highest BCUT2D eigenvalue weighted by Gasteiger charge is 2.40. The van der Waals surface area contributed by atoms with Gasteiger partial charge in [-0.05, 0) is 81.9 Å². The van der Waals surface area contributed by atoms with Crippen LogP contribution in [0.1, 0.15) is 33.4 Å². The molecule has 1 heterocycles. The van der Waals surface area contributed by atoms with Crippen LogP contribution in [0, 0.1) is 0 Å². The number of anilines is 1. The van der Waals surface area contributed by atoms with Crippen LogP contribution in [-0.4, -0.2) is 87.3 Å². The summed E-state index contributed by atoms with van der Waals surface area (Å²) in [5, 5.41) is 22.7. The molecule has 65 heavy (non-hydrogen) atoms. The summed E-state index contributed by atoms with van der Waals surface area (Å²) in [4.78, 5) is 8.39. The molecule has 13 nitrogen and oxygen atoms in total. The average Bonchev–Trinajstić information content (AvgIpc) is 3.36. The minimum Gasteiger partial charge on any atom is -0.497 e. The van der Waals surface area contributed by atoms with Crippen LogP contribution in [0.2, 0.25) is 0 Å². The van der Waals surface area contributed by atoms with Gasteiger partial charge >= 0.3 is 0 Å². The zero-order valence-electron chi connectivity index (χ0n) is 36.7. The zero-order valence-corrected chi connectivity index (χ0v) is 36.7. The molecule has 0 radical (unpaired) electrons. The summed E-state index contributed by atoms with van der Waals surface area (Å²) in [7, 11) is 6.45. The molecule has 2 atom stereocenters. The summed E-state index contributed by atoms with van der Waals surface area (Å²) >= 11 is 0. The Hall–Kier alpha value is -7.16. The molecule has 13 heteroatoms. The summed E-state index contributed by atoms with van der Waals surface area (Å²) < 4.78 is 47.3. The number of ether oxygens (including phenoxy) is 8. The van der Waals surface area contributed by atoms with Crippen molar-refractivity contribution in [1.82, 2.24) is 9.97 Å². The first-order chi connectivity index (χ1) is 31.7. The van der Waals surface area contributed by atoms with Crippen molar-refractivity contribution in [1.29, 1.82) is 0 Å². The number of aromatic nitrogens is 2. The third-order valence-electron chi connectivity index (χ3n) is 10.9.